The first kappa shape index (κ1) is 53.5. The summed E-state index contributed by atoms with van der Waals surface area (Å²) in [5, 5.41) is 0. The molecule has 3 N–H and O–H groups in total. The predicted molar refractivity (Wildman–Crippen MR) is 237 cm³/mol. The standard InChI is InChI=1S/C47H82NO7P/c1-3-5-7-9-11-13-15-17-19-21-23-24-26-28-30-32-34-36-38-40-47(49)55-46(45-54-56(50,51)53-43-41-48)44-52-42-39-37-35-33-31-29-27-25-22-20-18-16-14-12-10-8-6-4-2/h5,7,11,13,17,19,23-24,28,30,34,36,39,42,46H,3-4,6,8-10,12,14-16,18,20-22,25-27,29,31-33,35,37-38,40-41,43-45,48H2,1-2H3,(H,50,51)/b7-5-,13-11-,19-17-,24-23-,30-28-,36-34-,42-39-/t46-/m1/s1. The normalized spacial score (nSPS) is 14.2. The Balaban J connectivity index is 4.21. The summed E-state index contributed by atoms with van der Waals surface area (Å²) in [6.45, 7) is 4.03. The average Bonchev–Trinajstić information content (AvgIpc) is 3.19. The lowest BCUT2D eigenvalue weighted by Crippen LogP contribution is -2.27. The number of nitrogens with two attached hydrogens (primary N) is 1. The van der Waals surface area contributed by atoms with Crippen molar-refractivity contribution in [1.29, 1.82) is 0 Å². The number of phosphoric ester groups is 1. The third kappa shape index (κ3) is 42.7. The molecule has 0 saturated carbocycles. The largest absolute Gasteiger partial charge is 0.498 e. The molecule has 0 spiro atoms. The number of rotatable bonds is 41. The van der Waals surface area contributed by atoms with E-state index in [4.69, 9.17) is 24.3 Å². The second-order valence-electron chi connectivity index (χ2n) is 14.2. The fourth-order valence-corrected chi connectivity index (χ4v) is 6.46. The fourth-order valence-electron chi connectivity index (χ4n) is 5.69. The van der Waals surface area contributed by atoms with E-state index in [0.717, 1.165) is 51.4 Å². The maximum Gasteiger partial charge on any atom is 0.472 e. The van der Waals surface area contributed by atoms with Gasteiger partial charge in [-0.1, -0.05) is 183 Å². The number of carbonyl (C=O) groups excluding carboxylic acids is 1. The van der Waals surface area contributed by atoms with Gasteiger partial charge in [-0.05, 0) is 63.9 Å². The van der Waals surface area contributed by atoms with Gasteiger partial charge in [-0.2, -0.15) is 0 Å². The average molecular weight is 804 g/mol. The number of esters is 1. The molecule has 0 radical (unpaired) electrons. The summed E-state index contributed by atoms with van der Waals surface area (Å²) in [6.07, 6.45) is 57.1. The molecule has 0 rings (SSSR count). The molecular formula is C47H82NO7P. The topological polar surface area (TPSA) is 117 Å². The van der Waals surface area contributed by atoms with Crippen LogP contribution >= 0.6 is 7.82 Å². The van der Waals surface area contributed by atoms with E-state index in [2.05, 4.69) is 74.6 Å². The van der Waals surface area contributed by atoms with Crippen LogP contribution in [0, 0.1) is 0 Å². The molecule has 0 saturated heterocycles. The van der Waals surface area contributed by atoms with Gasteiger partial charge < -0.3 is 20.1 Å². The van der Waals surface area contributed by atoms with E-state index >= 15 is 0 Å². The van der Waals surface area contributed by atoms with E-state index < -0.39 is 19.9 Å². The number of hydrogen-bond acceptors (Lipinski definition) is 7. The van der Waals surface area contributed by atoms with Crippen LogP contribution in [0.15, 0.2) is 85.3 Å². The Bertz CT molecular complexity index is 1130. The summed E-state index contributed by atoms with van der Waals surface area (Å²) in [5.41, 5.74) is 5.36. The summed E-state index contributed by atoms with van der Waals surface area (Å²) in [7, 11) is -4.32. The monoisotopic (exact) mass is 804 g/mol. The number of ether oxygens (including phenoxy) is 2. The number of phosphoric acid groups is 1. The van der Waals surface area contributed by atoms with Crippen molar-refractivity contribution in [2.75, 3.05) is 26.4 Å². The highest BCUT2D eigenvalue weighted by molar-refractivity contribution is 7.47. The van der Waals surface area contributed by atoms with E-state index in [-0.39, 0.29) is 32.8 Å². The molecule has 0 bridgehead atoms. The van der Waals surface area contributed by atoms with Gasteiger partial charge in [-0.25, -0.2) is 4.57 Å². The van der Waals surface area contributed by atoms with Crippen LogP contribution in [0.1, 0.15) is 174 Å². The van der Waals surface area contributed by atoms with Gasteiger partial charge in [0.1, 0.15) is 6.61 Å². The zero-order valence-corrected chi connectivity index (χ0v) is 36.5. The van der Waals surface area contributed by atoms with Gasteiger partial charge in [0.2, 0.25) is 0 Å². The number of hydrogen-bond donors (Lipinski definition) is 2. The highest BCUT2D eigenvalue weighted by Crippen LogP contribution is 2.43. The smallest absolute Gasteiger partial charge is 0.472 e. The van der Waals surface area contributed by atoms with Crippen molar-refractivity contribution in [3.8, 4) is 0 Å². The minimum Gasteiger partial charge on any atom is -0.498 e. The Labute approximate surface area is 343 Å². The van der Waals surface area contributed by atoms with Crippen molar-refractivity contribution in [2.45, 2.75) is 180 Å². The predicted octanol–water partition coefficient (Wildman–Crippen LogP) is 13.7. The molecule has 0 heterocycles. The minimum atomic E-state index is -4.32. The van der Waals surface area contributed by atoms with Crippen LogP contribution in [0.2, 0.25) is 0 Å². The summed E-state index contributed by atoms with van der Waals surface area (Å²) in [4.78, 5) is 22.4. The number of allylic oxidation sites excluding steroid dienone is 13. The first-order valence-corrected chi connectivity index (χ1v) is 23.6. The molecule has 0 aliphatic carbocycles. The Morgan fingerprint density at radius 3 is 1.48 bits per heavy atom. The van der Waals surface area contributed by atoms with E-state index in [9.17, 15) is 14.3 Å². The molecule has 9 heteroatoms. The summed E-state index contributed by atoms with van der Waals surface area (Å²) < 4.78 is 33.1. The SMILES string of the molecule is CC/C=C\C/C=C\C/C=C\C/C=C\C/C=C\C/C=C\CCC(=O)O[C@H](CO/C=C\CCCCCCCCCCCCCCCCCC)COP(=O)(O)OCCN. The van der Waals surface area contributed by atoms with Crippen LogP contribution in [0.5, 0.6) is 0 Å². The third-order valence-electron chi connectivity index (χ3n) is 8.90. The third-order valence-corrected chi connectivity index (χ3v) is 9.89. The summed E-state index contributed by atoms with van der Waals surface area (Å²) in [5.74, 6) is -0.436. The van der Waals surface area contributed by atoms with Gasteiger partial charge in [-0.3, -0.25) is 13.8 Å². The van der Waals surface area contributed by atoms with Crippen LogP contribution in [0.4, 0.5) is 0 Å². The Morgan fingerprint density at radius 1 is 0.571 bits per heavy atom. The number of carbonyl (C=O) groups is 1. The second kappa shape index (κ2) is 43.6. The Hall–Kier alpha value is -2.48. The molecular weight excluding hydrogens is 721 g/mol. The van der Waals surface area contributed by atoms with E-state index in [1.807, 2.05) is 18.2 Å². The van der Waals surface area contributed by atoms with Gasteiger partial charge in [-0.15, -0.1) is 0 Å². The summed E-state index contributed by atoms with van der Waals surface area (Å²) in [6, 6.07) is 0. The molecule has 0 aromatic heterocycles. The van der Waals surface area contributed by atoms with Gasteiger partial charge in [0, 0.05) is 13.0 Å². The lowest BCUT2D eigenvalue weighted by molar-refractivity contribution is -0.153. The van der Waals surface area contributed by atoms with Gasteiger partial charge >= 0.3 is 13.8 Å². The first-order chi connectivity index (χ1) is 27.4. The van der Waals surface area contributed by atoms with Crippen molar-refractivity contribution in [2.24, 2.45) is 5.73 Å². The highest BCUT2D eigenvalue weighted by atomic mass is 31.2. The maximum atomic E-state index is 12.5. The highest BCUT2D eigenvalue weighted by Gasteiger charge is 2.25. The van der Waals surface area contributed by atoms with Crippen LogP contribution in [0.25, 0.3) is 0 Å². The quantitative estimate of drug-likeness (QED) is 0.0206. The molecule has 0 aromatic rings. The van der Waals surface area contributed by atoms with Crippen molar-refractivity contribution >= 4 is 13.8 Å². The molecule has 0 aliphatic heterocycles. The Kier molecular flexibility index (Phi) is 41.7. The van der Waals surface area contributed by atoms with E-state index in [1.54, 1.807) is 6.26 Å². The first-order valence-electron chi connectivity index (χ1n) is 22.1. The molecule has 2 atom stereocenters. The lowest BCUT2D eigenvalue weighted by Gasteiger charge is -2.19. The van der Waals surface area contributed by atoms with Crippen LogP contribution in [0.3, 0.4) is 0 Å². The van der Waals surface area contributed by atoms with Crippen LogP contribution in [-0.4, -0.2) is 43.3 Å². The summed E-state index contributed by atoms with van der Waals surface area (Å²) >= 11 is 0. The van der Waals surface area contributed by atoms with E-state index in [0.29, 0.717) is 6.42 Å². The van der Waals surface area contributed by atoms with Crippen molar-refractivity contribution in [3.63, 3.8) is 0 Å². The zero-order valence-electron chi connectivity index (χ0n) is 35.6. The van der Waals surface area contributed by atoms with E-state index in [1.165, 1.54) is 96.3 Å². The van der Waals surface area contributed by atoms with Crippen LogP contribution < -0.4 is 5.73 Å². The molecule has 322 valence electrons. The molecule has 0 aliphatic rings. The van der Waals surface area contributed by atoms with Gasteiger partial charge in [0.25, 0.3) is 0 Å². The Morgan fingerprint density at radius 2 is 1.02 bits per heavy atom. The van der Waals surface area contributed by atoms with Gasteiger partial charge in [0.05, 0.1) is 19.5 Å². The maximum absolute atomic E-state index is 12.5. The molecule has 8 nitrogen and oxygen atoms in total. The van der Waals surface area contributed by atoms with Crippen molar-refractivity contribution in [1.82, 2.24) is 0 Å². The fraction of sp³-hybridized carbons (Fsp3) is 0.681. The molecule has 0 aromatic carbocycles. The molecule has 0 fully saturated rings. The van der Waals surface area contributed by atoms with Crippen LogP contribution in [-0.2, 0) is 27.9 Å². The zero-order chi connectivity index (χ0) is 40.9. The number of unbranched alkanes of at least 4 members (excludes halogenated alkanes) is 16. The second-order valence-corrected chi connectivity index (χ2v) is 15.7. The van der Waals surface area contributed by atoms with Crippen molar-refractivity contribution in [3.05, 3.63) is 85.3 Å². The minimum absolute atomic E-state index is 0.00199. The molecule has 0 amide bonds. The molecule has 56 heavy (non-hydrogen) atoms. The lowest BCUT2D eigenvalue weighted by atomic mass is 10.0. The van der Waals surface area contributed by atoms with Gasteiger partial charge in [0.15, 0.2) is 6.10 Å². The molecule has 1 unspecified atom stereocenters. The van der Waals surface area contributed by atoms with Crippen molar-refractivity contribution < 1.29 is 32.8 Å².